The number of rotatable bonds is 8. The molecule has 0 amide bonds. The molecule has 0 spiro atoms. The molecule has 10 heteroatoms. The maximum atomic E-state index is 11.7. The summed E-state index contributed by atoms with van der Waals surface area (Å²) in [6.45, 7) is 1.99. The zero-order chi connectivity index (χ0) is 19.3. The van der Waals surface area contributed by atoms with Crippen LogP contribution >= 0.6 is 15.9 Å². The van der Waals surface area contributed by atoms with Crippen molar-refractivity contribution in [3.05, 3.63) is 34.9 Å². The van der Waals surface area contributed by atoms with Crippen LogP contribution in [-0.2, 0) is 14.5 Å². The number of aromatic nitrogens is 2. The van der Waals surface area contributed by atoms with Crippen molar-refractivity contribution in [3.63, 3.8) is 0 Å². The molecule has 1 aromatic carbocycles. The standard InChI is InChI=1S/C16H22BrN5O3S/c1-10(23)14(9-25-2)21-15-13(17)8-19-16(22-15)20-11-4-6-12(7-5-11)26(3,18)24/h4-8,10,14,18,23H,9H2,1-3H3,(H2,19,20,21,22)/t10-,14-,26?/m1/s1. The van der Waals surface area contributed by atoms with Gasteiger partial charge in [0.25, 0.3) is 0 Å². The van der Waals surface area contributed by atoms with E-state index < -0.39 is 15.8 Å². The molecule has 0 saturated heterocycles. The molecule has 0 fully saturated rings. The van der Waals surface area contributed by atoms with Crippen molar-refractivity contribution < 1.29 is 14.1 Å². The Labute approximate surface area is 161 Å². The molecule has 142 valence electrons. The molecule has 0 radical (unpaired) electrons. The highest BCUT2D eigenvalue weighted by Gasteiger charge is 2.17. The maximum Gasteiger partial charge on any atom is 0.229 e. The zero-order valence-electron chi connectivity index (χ0n) is 14.7. The molecule has 0 aliphatic rings. The summed E-state index contributed by atoms with van der Waals surface area (Å²) in [5, 5.41) is 16.0. The number of aliphatic hydroxyl groups excluding tert-OH is 1. The Balaban J connectivity index is 2.18. The molecule has 0 bridgehead atoms. The number of anilines is 3. The second kappa shape index (κ2) is 8.76. The highest BCUT2D eigenvalue weighted by molar-refractivity contribution is 9.10. The maximum absolute atomic E-state index is 11.7. The van der Waals surface area contributed by atoms with Crippen molar-refractivity contribution in [2.75, 3.05) is 30.6 Å². The van der Waals surface area contributed by atoms with Crippen LogP contribution in [0.3, 0.4) is 0 Å². The van der Waals surface area contributed by atoms with Crippen LogP contribution in [0.2, 0.25) is 0 Å². The van der Waals surface area contributed by atoms with Crippen molar-refractivity contribution in [2.24, 2.45) is 0 Å². The summed E-state index contributed by atoms with van der Waals surface area (Å²) >= 11 is 3.39. The second-order valence-electron chi connectivity index (χ2n) is 5.83. The van der Waals surface area contributed by atoms with Gasteiger partial charge in [-0.05, 0) is 47.1 Å². The van der Waals surface area contributed by atoms with Gasteiger partial charge in [0.15, 0.2) is 0 Å². The molecule has 1 heterocycles. The number of aliphatic hydroxyl groups is 1. The second-order valence-corrected chi connectivity index (χ2v) is 8.84. The molecule has 26 heavy (non-hydrogen) atoms. The van der Waals surface area contributed by atoms with Gasteiger partial charge in [-0.25, -0.2) is 14.0 Å². The normalized spacial score (nSPS) is 15.7. The van der Waals surface area contributed by atoms with E-state index in [9.17, 15) is 9.32 Å². The summed E-state index contributed by atoms with van der Waals surface area (Å²) in [5.41, 5.74) is 0.703. The van der Waals surface area contributed by atoms with Gasteiger partial charge in [0, 0.05) is 30.1 Å². The molecule has 0 aliphatic carbocycles. The van der Waals surface area contributed by atoms with Crippen LogP contribution in [0.15, 0.2) is 39.8 Å². The minimum atomic E-state index is -2.74. The third-order valence-electron chi connectivity index (χ3n) is 3.55. The minimum absolute atomic E-state index is 0.321. The van der Waals surface area contributed by atoms with Gasteiger partial charge in [-0.15, -0.1) is 0 Å². The summed E-state index contributed by atoms with van der Waals surface area (Å²) in [7, 11) is -1.18. The van der Waals surface area contributed by atoms with Crippen LogP contribution in [-0.4, -0.2) is 51.4 Å². The quantitative estimate of drug-likeness (QED) is 0.494. The van der Waals surface area contributed by atoms with E-state index in [1.165, 1.54) is 6.26 Å². The molecule has 2 rings (SSSR count). The van der Waals surface area contributed by atoms with Crippen LogP contribution in [0.5, 0.6) is 0 Å². The molecule has 8 nitrogen and oxygen atoms in total. The van der Waals surface area contributed by atoms with Crippen LogP contribution < -0.4 is 10.6 Å². The Hall–Kier alpha value is -1.75. The third kappa shape index (κ3) is 5.63. The Bertz CT molecular complexity index is 843. The lowest BCUT2D eigenvalue weighted by atomic mass is 10.2. The molecule has 0 saturated carbocycles. The van der Waals surface area contributed by atoms with Crippen LogP contribution in [0.25, 0.3) is 0 Å². The van der Waals surface area contributed by atoms with E-state index in [0.29, 0.717) is 33.4 Å². The lowest BCUT2D eigenvalue weighted by Gasteiger charge is -2.22. The molecule has 4 N–H and O–H groups in total. The molecular weight excluding hydrogens is 422 g/mol. The van der Waals surface area contributed by atoms with Crippen LogP contribution in [0, 0.1) is 4.78 Å². The smallest absolute Gasteiger partial charge is 0.229 e. The van der Waals surface area contributed by atoms with Gasteiger partial charge >= 0.3 is 0 Å². The molecule has 2 aromatic rings. The molecular formula is C16H22BrN5O3S. The molecule has 1 unspecified atom stereocenters. The van der Waals surface area contributed by atoms with Crippen molar-refractivity contribution in [1.29, 1.82) is 4.78 Å². The number of nitrogens with zero attached hydrogens (tertiary/aromatic N) is 2. The van der Waals surface area contributed by atoms with E-state index in [1.54, 1.807) is 44.5 Å². The van der Waals surface area contributed by atoms with E-state index in [4.69, 9.17) is 9.52 Å². The first-order valence-electron chi connectivity index (χ1n) is 7.77. The fourth-order valence-corrected chi connectivity index (χ4v) is 3.07. The minimum Gasteiger partial charge on any atom is -0.391 e. The average molecular weight is 444 g/mol. The lowest BCUT2D eigenvalue weighted by Crippen LogP contribution is -2.36. The molecule has 3 atom stereocenters. The van der Waals surface area contributed by atoms with Gasteiger partial charge in [-0.3, -0.25) is 0 Å². The Morgan fingerprint density at radius 3 is 2.58 bits per heavy atom. The number of nitrogens with one attached hydrogen (secondary N) is 3. The summed E-state index contributed by atoms with van der Waals surface area (Å²) in [6.07, 6.45) is 2.35. The summed E-state index contributed by atoms with van der Waals surface area (Å²) in [5.74, 6) is 0.873. The van der Waals surface area contributed by atoms with Gasteiger partial charge in [-0.2, -0.15) is 4.98 Å². The van der Waals surface area contributed by atoms with E-state index in [1.807, 2.05) is 0 Å². The lowest BCUT2D eigenvalue weighted by molar-refractivity contribution is 0.106. The number of hydrogen-bond donors (Lipinski definition) is 4. The van der Waals surface area contributed by atoms with E-state index >= 15 is 0 Å². The fourth-order valence-electron chi connectivity index (χ4n) is 2.11. The highest BCUT2D eigenvalue weighted by atomic mass is 79.9. The van der Waals surface area contributed by atoms with E-state index in [2.05, 4.69) is 36.5 Å². The Morgan fingerprint density at radius 2 is 2.04 bits per heavy atom. The first-order valence-corrected chi connectivity index (χ1v) is 10.5. The van der Waals surface area contributed by atoms with Gasteiger partial charge < -0.3 is 20.5 Å². The summed E-state index contributed by atoms with van der Waals surface area (Å²) in [6, 6.07) is 6.38. The Kier molecular flexibility index (Phi) is 6.93. The number of halogens is 1. The predicted octanol–water partition coefficient (Wildman–Crippen LogP) is 2.83. The summed E-state index contributed by atoms with van der Waals surface area (Å²) in [4.78, 5) is 9.07. The fraction of sp³-hybridized carbons (Fsp3) is 0.375. The van der Waals surface area contributed by atoms with Crippen LogP contribution in [0.4, 0.5) is 17.5 Å². The first kappa shape index (κ1) is 20.6. The van der Waals surface area contributed by atoms with Gasteiger partial charge in [0.2, 0.25) is 5.95 Å². The molecule has 0 aliphatic heterocycles. The van der Waals surface area contributed by atoms with Crippen molar-refractivity contribution in [2.45, 2.75) is 24.0 Å². The van der Waals surface area contributed by atoms with Gasteiger partial charge in [0.05, 0.1) is 33.0 Å². The predicted molar refractivity (Wildman–Crippen MR) is 105 cm³/mol. The third-order valence-corrected chi connectivity index (χ3v) is 5.31. The highest BCUT2D eigenvalue weighted by Crippen LogP contribution is 2.23. The van der Waals surface area contributed by atoms with Crippen molar-refractivity contribution >= 4 is 43.1 Å². The van der Waals surface area contributed by atoms with E-state index in [0.717, 1.165) is 0 Å². The topological polar surface area (TPSA) is 120 Å². The largest absolute Gasteiger partial charge is 0.391 e. The number of methoxy groups -OCH3 is 1. The Morgan fingerprint density at radius 1 is 1.38 bits per heavy atom. The van der Waals surface area contributed by atoms with Crippen molar-refractivity contribution in [3.8, 4) is 0 Å². The number of hydrogen-bond acceptors (Lipinski definition) is 8. The SMILES string of the molecule is COC[C@@H](Nc1nc(Nc2ccc(S(C)(=N)=O)cc2)ncc1Br)[C@@H](C)O. The van der Waals surface area contributed by atoms with E-state index in [-0.39, 0.29) is 6.04 Å². The van der Waals surface area contributed by atoms with Gasteiger partial charge in [0.1, 0.15) is 5.82 Å². The van der Waals surface area contributed by atoms with Gasteiger partial charge in [-0.1, -0.05) is 0 Å². The first-order chi connectivity index (χ1) is 12.2. The van der Waals surface area contributed by atoms with Crippen LogP contribution in [0.1, 0.15) is 6.92 Å². The summed E-state index contributed by atoms with van der Waals surface area (Å²) < 4.78 is 25.1. The van der Waals surface area contributed by atoms with Crippen molar-refractivity contribution in [1.82, 2.24) is 9.97 Å². The molecule has 1 aromatic heterocycles. The number of ether oxygens (including phenoxy) is 1. The average Bonchev–Trinajstić information content (AvgIpc) is 2.57. The monoisotopic (exact) mass is 443 g/mol. The number of benzene rings is 1. The zero-order valence-corrected chi connectivity index (χ0v) is 17.1.